The second kappa shape index (κ2) is 6.00. The van der Waals surface area contributed by atoms with Crippen LogP contribution < -0.4 is 10.6 Å². The minimum absolute atomic E-state index is 0.171. The quantitative estimate of drug-likeness (QED) is 0.370. The van der Waals surface area contributed by atoms with E-state index >= 15 is 0 Å². The molecule has 1 rings (SSSR count). The maximum Gasteiger partial charge on any atom is 0.237 e. The Balaban J connectivity index is 3.00. The molecule has 0 saturated heterocycles. The molecule has 0 heterocycles. The second-order valence-electron chi connectivity index (χ2n) is 3.81. The molecular weight excluding hydrogens is 237 g/mol. The fourth-order valence-corrected chi connectivity index (χ4v) is 1.56. The molecule has 0 bridgehead atoms. The molecule has 3 N–H and O–H groups in total. The maximum atomic E-state index is 13.1. The van der Waals surface area contributed by atoms with Gasteiger partial charge >= 0.3 is 0 Å². The molecule has 0 saturated carbocycles. The van der Waals surface area contributed by atoms with E-state index in [0.717, 1.165) is 0 Å². The van der Waals surface area contributed by atoms with Crippen LogP contribution in [-0.4, -0.2) is 23.5 Å². The van der Waals surface area contributed by atoms with E-state index in [1.165, 1.54) is 30.0 Å². The fraction of sp³-hybridized carbons (Fsp3) is 0.333. The highest BCUT2D eigenvalue weighted by atomic mass is 19.1. The van der Waals surface area contributed by atoms with Crippen LogP contribution in [0, 0.1) is 11.7 Å². The standard InChI is InChI=1S/C12H16FN3O2/c1-3-16(10-6-4-5-9(13)7-10)12(17)8(2)11(14)15-18/h4-8,18H,3H2,1-2H3,(H2,14,15). The van der Waals surface area contributed by atoms with Crippen LogP contribution in [0.25, 0.3) is 0 Å². The van der Waals surface area contributed by atoms with Crippen molar-refractivity contribution in [3.05, 3.63) is 30.1 Å². The molecule has 18 heavy (non-hydrogen) atoms. The van der Waals surface area contributed by atoms with E-state index < -0.39 is 11.7 Å². The highest BCUT2D eigenvalue weighted by molar-refractivity contribution is 6.08. The van der Waals surface area contributed by atoms with Crippen LogP contribution in [0.15, 0.2) is 29.4 Å². The summed E-state index contributed by atoms with van der Waals surface area (Å²) in [7, 11) is 0. The summed E-state index contributed by atoms with van der Waals surface area (Å²) in [6.07, 6.45) is 0. The molecule has 6 heteroatoms. The minimum atomic E-state index is -0.766. The summed E-state index contributed by atoms with van der Waals surface area (Å²) in [5, 5.41) is 11.4. The number of amides is 1. The summed E-state index contributed by atoms with van der Waals surface area (Å²) in [6, 6.07) is 5.72. The van der Waals surface area contributed by atoms with Crippen molar-refractivity contribution in [3.63, 3.8) is 0 Å². The molecule has 1 amide bonds. The van der Waals surface area contributed by atoms with Crippen molar-refractivity contribution in [1.29, 1.82) is 0 Å². The van der Waals surface area contributed by atoms with Gasteiger partial charge in [-0.25, -0.2) is 4.39 Å². The van der Waals surface area contributed by atoms with Crippen molar-refractivity contribution in [2.24, 2.45) is 16.8 Å². The molecule has 0 aliphatic rings. The Morgan fingerprint density at radius 1 is 1.61 bits per heavy atom. The van der Waals surface area contributed by atoms with Crippen molar-refractivity contribution in [2.75, 3.05) is 11.4 Å². The number of oxime groups is 1. The number of carbonyl (C=O) groups excluding carboxylic acids is 1. The number of nitrogens with two attached hydrogens (primary N) is 1. The number of nitrogens with zero attached hydrogens (tertiary/aromatic N) is 2. The van der Waals surface area contributed by atoms with E-state index in [1.54, 1.807) is 13.0 Å². The number of hydrogen-bond donors (Lipinski definition) is 2. The van der Waals surface area contributed by atoms with Gasteiger partial charge in [0.05, 0.1) is 5.92 Å². The lowest BCUT2D eigenvalue weighted by Gasteiger charge is -2.24. The third-order valence-electron chi connectivity index (χ3n) is 2.63. The molecule has 0 aliphatic carbocycles. The molecule has 0 fully saturated rings. The third kappa shape index (κ3) is 2.97. The lowest BCUT2D eigenvalue weighted by Crippen LogP contribution is -2.40. The Labute approximate surface area is 105 Å². The summed E-state index contributed by atoms with van der Waals surface area (Å²) in [4.78, 5) is 13.5. The first-order valence-corrected chi connectivity index (χ1v) is 5.55. The van der Waals surface area contributed by atoms with Gasteiger partial charge in [-0.3, -0.25) is 4.79 Å². The lowest BCUT2D eigenvalue weighted by molar-refractivity contribution is -0.120. The number of benzene rings is 1. The number of amidine groups is 1. The normalized spacial score (nSPS) is 13.2. The number of anilines is 1. The zero-order valence-corrected chi connectivity index (χ0v) is 10.3. The number of halogens is 1. The summed E-state index contributed by atoms with van der Waals surface area (Å²) < 4.78 is 13.1. The van der Waals surface area contributed by atoms with Gasteiger partial charge in [0.1, 0.15) is 5.82 Å². The van der Waals surface area contributed by atoms with Gasteiger partial charge in [0, 0.05) is 12.2 Å². The van der Waals surface area contributed by atoms with Gasteiger partial charge in [0.15, 0.2) is 5.84 Å². The van der Waals surface area contributed by atoms with Crippen molar-refractivity contribution in [1.82, 2.24) is 0 Å². The predicted octanol–water partition coefficient (Wildman–Crippen LogP) is 1.56. The number of hydrogen-bond acceptors (Lipinski definition) is 3. The Bertz CT molecular complexity index is 462. The Morgan fingerprint density at radius 3 is 2.78 bits per heavy atom. The first-order chi connectivity index (χ1) is 8.51. The van der Waals surface area contributed by atoms with Crippen molar-refractivity contribution < 1.29 is 14.4 Å². The van der Waals surface area contributed by atoms with Gasteiger partial charge in [-0.15, -0.1) is 0 Å². The SMILES string of the molecule is CCN(C(=O)C(C)C(N)=NO)c1cccc(F)c1. The summed E-state index contributed by atoms with van der Waals surface area (Å²) in [5.41, 5.74) is 5.84. The molecule has 0 aliphatic heterocycles. The Morgan fingerprint density at radius 2 is 2.28 bits per heavy atom. The monoisotopic (exact) mass is 253 g/mol. The van der Waals surface area contributed by atoms with Crippen molar-refractivity contribution in [2.45, 2.75) is 13.8 Å². The van der Waals surface area contributed by atoms with Gasteiger partial charge in [0.25, 0.3) is 0 Å². The van der Waals surface area contributed by atoms with E-state index in [-0.39, 0.29) is 11.7 Å². The Hall–Kier alpha value is -2.11. The van der Waals surface area contributed by atoms with Crippen LogP contribution >= 0.6 is 0 Å². The van der Waals surface area contributed by atoms with E-state index in [0.29, 0.717) is 12.2 Å². The van der Waals surface area contributed by atoms with Crippen LogP contribution in [0.4, 0.5) is 10.1 Å². The zero-order chi connectivity index (χ0) is 13.7. The fourth-order valence-electron chi connectivity index (χ4n) is 1.56. The smallest absolute Gasteiger partial charge is 0.237 e. The van der Waals surface area contributed by atoms with Crippen molar-refractivity contribution in [3.8, 4) is 0 Å². The second-order valence-corrected chi connectivity index (χ2v) is 3.81. The third-order valence-corrected chi connectivity index (χ3v) is 2.63. The Kier molecular flexibility index (Phi) is 4.65. The number of carbonyl (C=O) groups is 1. The largest absolute Gasteiger partial charge is 0.409 e. The van der Waals surface area contributed by atoms with Gasteiger partial charge in [-0.05, 0) is 32.0 Å². The lowest BCUT2D eigenvalue weighted by atomic mass is 10.1. The highest BCUT2D eigenvalue weighted by Crippen LogP contribution is 2.17. The molecule has 0 radical (unpaired) electrons. The van der Waals surface area contributed by atoms with Crippen LogP contribution in [0.5, 0.6) is 0 Å². The maximum absolute atomic E-state index is 13.1. The van der Waals surface area contributed by atoms with Gasteiger partial charge < -0.3 is 15.8 Å². The summed E-state index contributed by atoms with van der Waals surface area (Å²) >= 11 is 0. The van der Waals surface area contributed by atoms with Crippen LogP contribution in [0.3, 0.4) is 0 Å². The zero-order valence-electron chi connectivity index (χ0n) is 10.3. The highest BCUT2D eigenvalue weighted by Gasteiger charge is 2.24. The van der Waals surface area contributed by atoms with E-state index in [9.17, 15) is 9.18 Å². The number of rotatable bonds is 4. The summed E-state index contributed by atoms with van der Waals surface area (Å²) in [6.45, 7) is 3.66. The predicted molar refractivity (Wildman–Crippen MR) is 67.0 cm³/mol. The summed E-state index contributed by atoms with van der Waals surface area (Å²) in [5.74, 6) is -1.71. The molecule has 1 unspecified atom stereocenters. The van der Waals surface area contributed by atoms with Gasteiger partial charge in [-0.2, -0.15) is 0 Å². The molecule has 98 valence electrons. The molecule has 0 spiro atoms. The molecule has 1 aromatic carbocycles. The minimum Gasteiger partial charge on any atom is -0.409 e. The topological polar surface area (TPSA) is 78.9 Å². The molecule has 0 aromatic heterocycles. The van der Waals surface area contributed by atoms with Crippen LogP contribution in [-0.2, 0) is 4.79 Å². The average Bonchev–Trinajstić information content (AvgIpc) is 2.37. The van der Waals surface area contributed by atoms with Gasteiger partial charge in [0.2, 0.25) is 5.91 Å². The first-order valence-electron chi connectivity index (χ1n) is 5.55. The van der Waals surface area contributed by atoms with Crippen LogP contribution in [0.2, 0.25) is 0 Å². The average molecular weight is 253 g/mol. The van der Waals surface area contributed by atoms with E-state index in [2.05, 4.69) is 5.16 Å². The van der Waals surface area contributed by atoms with Gasteiger partial charge in [-0.1, -0.05) is 11.2 Å². The van der Waals surface area contributed by atoms with Crippen LogP contribution in [0.1, 0.15) is 13.8 Å². The molecule has 5 nitrogen and oxygen atoms in total. The molecular formula is C12H16FN3O2. The molecule has 1 atom stereocenters. The van der Waals surface area contributed by atoms with Crippen molar-refractivity contribution >= 4 is 17.4 Å². The first kappa shape index (κ1) is 14.0. The van der Waals surface area contributed by atoms with E-state index in [4.69, 9.17) is 10.9 Å². The molecule has 1 aromatic rings. The van der Waals surface area contributed by atoms with E-state index in [1.807, 2.05) is 0 Å².